The van der Waals surface area contributed by atoms with Crippen molar-refractivity contribution in [3.8, 4) is 0 Å². The largest absolute Gasteiger partial charge is 0.444 e. The van der Waals surface area contributed by atoms with Crippen LogP contribution in [0.3, 0.4) is 0 Å². The lowest BCUT2D eigenvalue weighted by atomic mass is 9.87. The molecular weight excluding hydrogens is 360 g/mol. The van der Waals surface area contributed by atoms with E-state index in [-0.39, 0.29) is 24.3 Å². The molecule has 0 spiro atoms. The SMILES string of the molecule is CNC1CC(NC(=O)OC(C)(C)C)C1.CNC1CC(NC(=O)OC(C)(C)C)C1. The predicted molar refractivity (Wildman–Crippen MR) is 110 cm³/mol. The molecule has 0 unspecified atom stereocenters. The maximum Gasteiger partial charge on any atom is 0.407 e. The molecule has 8 heteroatoms. The second-order valence-electron chi connectivity index (χ2n) is 9.60. The molecule has 8 nitrogen and oxygen atoms in total. The van der Waals surface area contributed by atoms with Crippen LogP contribution in [0.1, 0.15) is 67.2 Å². The molecule has 0 bridgehead atoms. The molecule has 2 saturated carbocycles. The molecular formula is C20H40N4O4. The predicted octanol–water partition coefficient (Wildman–Crippen LogP) is 2.52. The quantitative estimate of drug-likeness (QED) is 0.579. The first-order chi connectivity index (χ1) is 12.8. The lowest BCUT2D eigenvalue weighted by Crippen LogP contribution is -2.52. The van der Waals surface area contributed by atoms with E-state index in [0.29, 0.717) is 12.1 Å². The van der Waals surface area contributed by atoms with Gasteiger partial charge >= 0.3 is 12.2 Å². The van der Waals surface area contributed by atoms with Gasteiger partial charge in [0.2, 0.25) is 0 Å². The Labute approximate surface area is 169 Å². The summed E-state index contributed by atoms with van der Waals surface area (Å²) < 4.78 is 10.3. The minimum Gasteiger partial charge on any atom is -0.444 e. The minimum absolute atomic E-state index is 0.280. The molecule has 0 heterocycles. The van der Waals surface area contributed by atoms with E-state index >= 15 is 0 Å². The summed E-state index contributed by atoms with van der Waals surface area (Å²) in [6.07, 6.45) is 3.37. The van der Waals surface area contributed by atoms with Gasteiger partial charge in [-0.25, -0.2) is 9.59 Å². The average Bonchev–Trinajstić information content (AvgIpc) is 2.42. The van der Waals surface area contributed by atoms with Crippen LogP contribution in [-0.4, -0.2) is 61.7 Å². The van der Waals surface area contributed by atoms with Crippen molar-refractivity contribution >= 4 is 12.2 Å². The zero-order valence-corrected chi connectivity index (χ0v) is 18.8. The topological polar surface area (TPSA) is 101 Å². The van der Waals surface area contributed by atoms with E-state index in [2.05, 4.69) is 21.3 Å². The van der Waals surface area contributed by atoms with E-state index < -0.39 is 11.2 Å². The lowest BCUT2D eigenvalue weighted by Gasteiger charge is -2.35. The van der Waals surface area contributed by atoms with Crippen LogP contribution in [-0.2, 0) is 9.47 Å². The summed E-state index contributed by atoms with van der Waals surface area (Å²) in [4.78, 5) is 22.6. The van der Waals surface area contributed by atoms with Crippen LogP contribution >= 0.6 is 0 Å². The highest BCUT2D eigenvalue weighted by atomic mass is 16.6. The molecule has 164 valence electrons. The number of ether oxygens (including phenoxy) is 2. The fraction of sp³-hybridized carbons (Fsp3) is 0.900. The van der Waals surface area contributed by atoms with Gasteiger partial charge in [-0.2, -0.15) is 0 Å². The summed E-state index contributed by atoms with van der Waals surface area (Å²) in [6.45, 7) is 11.2. The van der Waals surface area contributed by atoms with Gasteiger partial charge in [-0.15, -0.1) is 0 Å². The highest BCUT2D eigenvalue weighted by Gasteiger charge is 2.31. The summed E-state index contributed by atoms with van der Waals surface area (Å²) in [7, 11) is 3.88. The molecule has 2 amide bonds. The molecule has 2 aliphatic carbocycles. The van der Waals surface area contributed by atoms with E-state index in [1.54, 1.807) is 0 Å². The van der Waals surface area contributed by atoms with Crippen LogP contribution in [0, 0.1) is 0 Å². The minimum atomic E-state index is -0.407. The van der Waals surface area contributed by atoms with E-state index in [4.69, 9.17) is 9.47 Å². The van der Waals surface area contributed by atoms with Gasteiger partial charge in [-0.05, 0) is 81.3 Å². The van der Waals surface area contributed by atoms with Crippen LogP contribution in [0.4, 0.5) is 9.59 Å². The van der Waals surface area contributed by atoms with Crippen LogP contribution in [0.2, 0.25) is 0 Å². The molecule has 2 aliphatic rings. The van der Waals surface area contributed by atoms with E-state index in [9.17, 15) is 9.59 Å². The molecule has 4 N–H and O–H groups in total. The van der Waals surface area contributed by atoms with Crippen LogP contribution in [0.5, 0.6) is 0 Å². The first kappa shape index (κ1) is 24.5. The van der Waals surface area contributed by atoms with Crippen molar-refractivity contribution < 1.29 is 19.1 Å². The molecule has 2 rings (SSSR count). The summed E-state index contributed by atoms with van der Waals surface area (Å²) in [5, 5.41) is 12.0. The zero-order chi connectivity index (χ0) is 21.5. The van der Waals surface area contributed by atoms with E-state index in [1.165, 1.54) is 0 Å². The Kier molecular flexibility index (Phi) is 9.01. The van der Waals surface area contributed by atoms with Gasteiger partial charge in [0.1, 0.15) is 11.2 Å². The second kappa shape index (κ2) is 10.3. The average molecular weight is 401 g/mol. The number of carbonyl (C=O) groups is 2. The summed E-state index contributed by atoms with van der Waals surface area (Å²) in [5.74, 6) is 0. The Morgan fingerprint density at radius 3 is 1.14 bits per heavy atom. The van der Waals surface area contributed by atoms with Crippen LogP contribution in [0.15, 0.2) is 0 Å². The molecule has 0 radical (unpaired) electrons. The van der Waals surface area contributed by atoms with Crippen molar-refractivity contribution in [2.45, 2.75) is 103 Å². The Balaban J connectivity index is 0.000000280. The van der Waals surface area contributed by atoms with Crippen LogP contribution in [0.25, 0.3) is 0 Å². The number of rotatable bonds is 4. The first-order valence-electron chi connectivity index (χ1n) is 10.1. The van der Waals surface area contributed by atoms with Gasteiger partial charge in [0.25, 0.3) is 0 Å². The molecule has 2 fully saturated rings. The van der Waals surface area contributed by atoms with Crippen molar-refractivity contribution in [1.29, 1.82) is 0 Å². The van der Waals surface area contributed by atoms with Gasteiger partial charge in [0.05, 0.1) is 0 Å². The third-order valence-corrected chi connectivity index (χ3v) is 4.53. The Morgan fingerprint density at radius 1 is 0.643 bits per heavy atom. The van der Waals surface area contributed by atoms with E-state index in [1.807, 2.05) is 55.6 Å². The standard InChI is InChI=1S/2C10H20N2O2/c2*1-10(2,3)14-9(13)12-8-5-7(6-8)11-4/h2*7-8,11H,5-6H2,1-4H3,(H,12,13). The normalized spacial score (nSPS) is 26.6. The van der Waals surface area contributed by atoms with Crippen molar-refractivity contribution in [3.63, 3.8) is 0 Å². The highest BCUT2D eigenvalue weighted by molar-refractivity contribution is 5.68. The molecule has 0 aromatic heterocycles. The third-order valence-electron chi connectivity index (χ3n) is 4.53. The molecule has 0 atom stereocenters. The van der Waals surface area contributed by atoms with Gasteiger partial charge in [-0.1, -0.05) is 0 Å². The lowest BCUT2D eigenvalue weighted by molar-refractivity contribution is 0.0454. The van der Waals surface area contributed by atoms with Crippen molar-refractivity contribution in [3.05, 3.63) is 0 Å². The molecule has 28 heavy (non-hydrogen) atoms. The summed E-state index contributed by atoms with van der Waals surface area (Å²) >= 11 is 0. The van der Waals surface area contributed by atoms with E-state index in [0.717, 1.165) is 25.7 Å². The van der Waals surface area contributed by atoms with Gasteiger partial charge in [-0.3, -0.25) is 0 Å². The number of carbonyl (C=O) groups excluding carboxylic acids is 2. The monoisotopic (exact) mass is 400 g/mol. The number of amides is 2. The Morgan fingerprint density at radius 2 is 0.929 bits per heavy atom. The van der Waals surface area contributed by atoms with Crippen molar-refractivity contribution in [2.75, 3.05) is 14.1 Å². The van der Waals surface area contributed by atoms with Gasteiger partial charge in [0, 0.05) is 24.2 Å². The second-order valence-corrected chi connectivity index (χ2v) is 9.60. The van der Waals surface area contributed by atoms with Crippen molar-refractivity contribution in [2.24, 2.45) is 0 Å². The highest BCUT2D eigenvalue weighted by Crippen LogP contribution is 2.20. The third kappa shape index (κ3) is 10.1. The zero-order valence-electron chi connectivity index (χ0n) is 18.8. The molecule has 0 saturated heterocycles. The Bertz CT molecular complexity index is 455. The van der Waals surface area contributed by atoms with Crippen molar-refractivity contribution in [1.82, 2.24) is 21.3 Å². The number of nitrogens with one attached hydrogen (secondary N) is 4. The molecule has 0 aliphatic heterocycles. The smallest absolute Gasteiger partial charge is 0.407 e. The number of hydrogen-bond donors (Lipinski definition) is 4. The fourth-order valence-electron chi connectivity index (χ4n) is 2.89. The van der Waals surface area contributed by atoms with Gasteiger partial charge in [0.15, 0.2) is 0 Å². The molecule has 0 aromatic rings. The summed E-state index contributed by atoms with van der Waals surface area (Å²) in [5.41, 5.74) is -0.813. The maximum atomic E-state index is 11.3. The Hall–Kier alpha value is -1.54. The molecule has 0 aromatic carbocycles. The number of hydrogen-bond acceptors (Lipinski definition) is 6. The fourth-order valence-corrected chi connectivity index (χ4v) is 2.89. The van der Waals surface area contributed by atoms with Gasteiger partial charge < -0.3 is 30.7 Å². The van der Waals surface area contributed by atoms with Crippen LogP contribution < -0.4 is 21.3 Å². The maximum absolute atomic E-state index is 11.3. The summed E-state index contributed by atoms with van der Waals surface area (Å²) in [6, 6.07) is 1.66. The number of alkyl carbamates (subject to hydrolysis) is 2. The first-order valence-corrected chi connectivity index (χ1v) is 10.1.